The van der Waals surface area contributed by atoms with Gasteiger partial charge >= 0.3 is 0 Å². The molecule has 3 N–H and O–H groups in total. The van der Waals surface area contributed by atoms with Crippen molar-refractivity contribution in [3.63, 3.8) is 0 Å². The zero-order valence-electron chi connectivity index (χ0n) is 9.53. The van der Waals surface area contributed by atoms with Crippen molar-refractivity contribution in [2.75, 3.05) is 0 Å². The molecular weight excluding hydrogens is 238 g/mol. The molecule has 1 aromatic rings. The summed E-state index contributed by atoms with van der Waals surface area (Å²) in [7, 11) is 0. The van der Waals surface area contributed by atoms with Gasteiger partial charge in [0.25, 0.3) is 0 Å². The molecule has 1 saturated carbocycles. The number of nitrogens with one attached hydrogen (secondary N) is 1. The van der Waals surface area contributed by atoms with Crippen LogP contribution in [0, 0.1) is 5.92 Å². The van der Waals surface area contributed by atoms with Crippen LogP contribution in [0.5, 0.6) is 0 Å². The number of aromatic nitrogens is 1. The minimum Gasteiger partial charge on any atom is -0.294 e. The summed E-state index contributed by atoms with van der Waals surface area (Å²) >= 11 is 6.12. The fourth-order valence-corrected chi connectivity index (χ4v) is 2.72. The van der Waals surface area contributed by atoms with Crippen molar-refractivity contribution < 1.29 is 4.79 Å². The molecule has 1 fully saturated rings. The highest BCUT2D eigenvalue weighted by molar-refractivity contribution is 6.31. The first kappa shape index (κ1) is 12.3. The van der Waals surface area contributed by atoms with Crippen molar-refractivity contribution in [2.45, 2.75) is 31.6 Å². The number of nitrogens with zero attached hydrogens (tertiary/aromatic N) is 1. The van der Waals surface area contributed by atoms with E-state index in [1.165, 1.54) is 0 Å². The van der Waals surface area contributed by atoms with Crippen molar-refractivity contribution in [3.05, 3.63) is 29.0 Å². The van der Waals surface area contributed by atoms with Gasteiger partial charge in [-0.2, -0.15) is 0 Å². The van der Waals surface area contributed by atoms with Crippen LogP contribution < -0.4 is 11.3 Å². The Hall–Kier alpha value is -1.13. The van der Waals surface area contributed by atoms with Gasteiger partial charge < -0.3 is 0 Å². The fourth-order valence-electron chi connectivity index (χ4n) is 2.45. The van der Waals surface area contributed by atoms with E-state index in [1.807, 2.05) is 12.1 Å². The standard InChI is InChI=1S/C12H16ClN3O/c13-10-2-1-7-15-11(10)8-3-5-9(6-4-8)12(17)16-14/h1-2,7-9H,3-6,14H2,(H,16,17)/t8-,9-. The first-order chi connectivity index (χ1) is 8.22. The molecule has 4 nitrogen and oxygen atoms in total. The lowest BCUT2D eigenvalue weighted by Gasteiger charge is -2.27. The molecule has 0 radical (unpaired) electrons. The zero-order valence-corrected chi connectivity index (χ0v) is 10.3. The van der Waals surface area contributed by atoms with Crippen molar-refractivity contribution in [1.82, 2.24) is 10.4 Å². The van der Waals surface area contributed by atoms with Gasteiger partial charge in [-0.1, -0.05) is 11.6 Å². The van der Waals surface area contributed by atoms with E-state index in [0.717, 1.165) is 36.4 Å². The Morgan fingerprint density at radius 3 is 2.71 bits per heavy atom. The second-order valence-electron chi connectivity index (χ2n) is 4.43. The van der Waals surface area contributed by atoms with Gasteiger partial charge in [0.05, 0.1) is 10.7 Å². The minimum absolute atomic E-state index is 0.0405. The maximum absolute atomic E-state index is 11.4. The third kappa shape index (κ3) is 2.76. The van der Waals surface area contributed by atoms with Crippen LogP contribution in [0.15, 0.2) is 18.3 Å². The number of amides is 1. The van der Waals surface area contributed by atoms with E-state index in [9.17, 15) is 4.79 Å². The van der Waals surface area contributed by atoms with Gasteiger partial charge in [-0.05, 0) is 37.8 Å². The predicted octanol–water partition coefficient (Wildman–Crippen LogP) is 2.00. The average Bonchev–Trinajstić information content (AvgIpc) is 2.39. The maximum atomic E-state index is 11.4. The third-order valence-electron chi connectivity index (χ3n) is 3.41. The lowest BCUT2D eigenvalue weighted by Crippen LogP contribution is -2.37. The van der Waals surface area contributed by atoms with Crippen molar-refractivity contribution in [1.29, 1.82) is 0 Å². The third-order valence-corrected chi connectivity index (χ3v) is 3.73. The van der Waals surface area contributed by atoms with E-state index >= 15 is 0 Å². The van der Waals surface area contributed by atoms with Crippen LogP contribution >= 0.6 is 11.6 Å². The van der Waals surface area contributed by atoms with Crippen molar-refractivity contribution >= 4 is 17.5 Å². The van der Waals surface area contributed by atoms with Crippen LogP contribution in [0.3, 0.4) is 0 Å². The summed E-state index contributed by atoms with van der Waals surface area (Å²) in [5.74, 6) is 5.49. The minimum atomic E-state index is -0.0597. The molecule has 0 unspecified atom stereocenters. The number of rotatable bonds is 2. The maximum Gasteiger partial charge on any atom is 0.236 e. The quantitative estimate of drug-likeness (QED) is 0.481. The molecule has 1 heterocycles. The summed E-state index contributed by atoms with van der Waals surface area (Å²) in [6.07, 6.45) is 5.34. The number of hydrazine groups is 1. The lowest BCUT2D eigenvalue weighted by atomic mass is 9.80. The van der Waals surface area contributed by atoms with Gasteiger partial charge in [0.15, 0.2) is 0 Å². The molecule has 0 spiro atoms. The largest absolute Gasteiger partial charge is 0.294 e. The Morgan fingerprint density at radius 1 is 1.41 bits per heavy atom. The van der Waals surface area contributed by atoms with E-state index in [0.29, 0.717) is 5.92 Å². The van der Waals surface area contributed by atoms with Crippen LogP contribution in [-0.4, -0.2) is 10.9 Å². The van der Waals surface area contributed by atoms with Gasteiger partial charge in [-0.15, -0.1) is 0 Å². The summed E-state index contributed by atoms with van der Waals surface area (Å²) in [5, 5.41) is 0.722. The van der Waals surface area contributed by atoms with Gasteiger partial charge in [0.1, 0.15) is 0 Å². The van der Waals surface area contributed by atoms with Crippen LogP contribution in [-0.2, 0) is 4.79 Å². The molecule has 0 bridgehead atoms. The Kier molecular flexibility index (Phi) is 3.97. The monoisotopic (exact) mass is 253 g/mol. The number of carbonyl (C=O) groups is 1. The highest BCUT2D eigenvalue weighted by atomic mass is 35.5. The molecule has 1 aromatic heterocycles. The zero-order chi connectivity index (χ0) is 12.3. The highest BCUT2D eigenvalue weighted by Crippen LogP contribution is 2.37. The number of nitrogens with two attached hydrogens (primary N) is 1. The molecule has 1 aliphatic carbocycles. The summed E-state index contributed by atoms with van der Waals surface area (Å²) in [6.45, 7) is 0. The molecule has 0 aromatic carbocycles. The number of pyridine rings is 1. The Morgan fingerprint density at radius 2 is 2.12 bits per heavy atom. The van der Waals surface area contributed by atoms with E-state index in [1.54, 1.807) is 6.20 Å². The molecule has 0 atom stereocenters. The number of hydrogen-bond acceptors (Lipinski definition) is 3. The summed E-state index contributed by atoms with van der Waals surface area (Å²) < 4.78 is 0. The van der Waals surface area contributed by atoms with E-state index in [-0.39, 0.29) is 11.8 Å². The van der Waals surface area contributed by atoms with Crippen LogP contribution in [0.4, 0.5) is 0 Å². The molecule has 1 aliphatic rings. The molecular formula is C12H16ClN3O. The molecule has 1 amide bonds. The summed E-state index contributed by atoms with van der Waals surface area (Å²) in [5.41, 5.74) is 3.18. The van der Waals surface area contributed by atoms with Crippen LogP contribution in [0.1, 0.15) is 37.3 Å². The predicted molar refractivity (Wildman–Crippen MR) is 66.3 cm³/mol. The fraction of sp³-hybridized carbons (Fsp3) is 0.500. The first-order valence-electron chi connectivity index (χ1n) is 5.83. The number of hydrogen-bond donors (Lipinski definition) is 2. The first-order valence-corrected chi connectivity index (χ1v) is 6.21. The summed E-state index contributed by atoms with van der Waals surface area (Å²) in [4.78, 5) is 15.7. The van der Waals surface area contributed by atoms with Gasteiger partial charge in [-0.25, -0.2) is 5.84 Å². The highest BCUT2D eigenvalue weighted by Gasteiger charge is 2.28. The number of halogens is 1. The molecule has 2 rings (SSSR count). The van der Waals surface area contributed by atoms with E-state index in [2.05, 4.69) is 10.4 Å². The molecule has 0 saturated heterocycles. The SMILES string of the molecule is NNC(=O)[C@H]1CC[C@H](c2ncccc2Cl)CC1. The van der Waals surface area contributed by atoms with Crippen molar-refractivity contribution in [2.24, 2.45) is 11.8 Å². The number of carbonyl (C=O) groups excluding carboxylic acids is 1. The Bertz CT molecular complexity index is 402. The van der Waals surface area contributed by atoms with Gasteiger partial charge in [0, 0.05) is 18.0 Å². The normalized spacial score (nSPS) is 24.4. The summed E-state index contributed by atoms with van der Waals surface area (Å²) in [6, 6.07) is 3.70. The van der Waals surface area contributed by atoms with Gasteiger partial charge in [0.2, 0.25) is 5.91 Å². The molecule has 17 heavy (non-hydrogen) atoms. The average molecular weight is 254 g/mol. The Labute approximate surface area is 106 Å². The lowest BCUT2D eigenvalue weighted by molar-refractivity contribution is -0.126. The molecule has 0 aliphatic heterocycles. The topological polar surface area (TPSA) is 68.0 Å². The molecule has 92 valence electrons. The van der Waals surface area contributed by atoms with E-state index in [4.69, 9.17) is 17.4 Å². The smallest absolute Gasteiger partial charge is 0.236 e. The molecule has 5 heteroatoms. The van der Waals surface area contributed by atoms with Crippen LogP contribution in [0.25, 0.3) is 0 Å². The van der Waals surface area contributed by atoms with E-state index < -0.39 is 0 Å². The van der Waals surface area contributed by atoms with Gasteiger partial charge in [-0.3, -0.25) is 15.2 Å². The van der Waals surface area contributed by atoms with Crippen LogP contribution in [0.2, 0.25) is 5.02 Å². The second-order valence-corrected chi connectivity index (χ2v) is 4.83. The Balaban J connectivity index is 2.00. The second kappa shape index (κ2) is 5.47. The van der Waals surface area contributed by atoms with Crippen molar-refractivity contribution in [3.8, 4) is 0 Å².